The molecule has 1 aliphatic heterocycles. The molecular formula is C20H25N3O4. The van der Waals surface area contributed by atoms with Crippen LogP contribution in [-0.2, 0) is 20.7 Å². The van der Waals surface area contributed by atoms with Gasteiger partial charge in [0.15, 0.2) is 0 Å². The lowest BCUT2D eigenvalue weighted by Gasteiger charge is -2.31. The number of para-hydroxylation sites is 1. The molecule has 1 amide bonds. The van der Waals surface area contributed by atoms with Gasteiger partial charge in [-0.15, -0.1) is 0 Å². The molecule has 27 heavy (non-hydrogen) atoms. The largest absolute Gasteiger partial charge is 0.466 e. The summed E-state index contributed by atoms with van der Waals surface area (Å²) in [6, 6.07) is 7.20. The molecular weight excluding hydrogens is 346 g/mol. The number of fused-ring (bicyclic) bond motifs is 1. The van der Waals surface area contributed by atoms with Gasteiger partial charge in [0, 0.05) is 25.9 Å². The number of aromatic nitrogens is 2. The first-order valence-corrected chi connectivity index (χ1v) is 9.51. The van der Waals surface area contributed by atoms with Crippen molar-refractivity contribution in [2.75, 3.05) is 19.7 Å². The molecule has 1 aliphatic rings. The van der Waals surface area contributed by atoms with Gasteiger partial charge in [-0.05, 0) is 38.3 Å². The number of hydrogen-bond donors (Lipinski definition) is 1. The Balaban J connectivity index is 1.53. The summed E-state index contributed by atoms with van der Waals surface area (Å²) in [5.74, 6) is 0.191. The zero-order valence-corrected chi connectivity index (χ0v) is 15.6. The summed E-state index contributed by atoms with van der Waals surface area (Å²) >= 11 is 0. The maximum atomic E-state index is 12.5. The molecule has 1 unspecified atom stereocenters. The van der Waals surface area contributed by atoms with E-state index in [1.807, 2.05) is 12.1 Å². The van der Waals surface area contributed by atoms with Crippen molar-refractivity contribution < 1.29 is 14.3 Å². The number of aryl methyl sites for hydroxylation is 1. The highest BCUT2D eigenvalue weighted by atomic mass is 16.5. The van der Waals surface area contributed by atoms with Gasteiger partial charge in [0.05, 0.1) is 23.4 Å². The molecule has 0 aliphatic carbocycles. The van der Waals surface area contributed by atoms with Crippen LogP contribution in [0.3, 0.4) is 0 Å². The van der Waals surface area contributed by atoms with Gasteiger partial charge >= 0.3 is 5.97 Å². The van der Waals surface area contributed by atoms with E-state index in [1.54, 1.807) is 24.0 Å². The number of rotatable bonds is 6. The lowest BCUT2D eigenvalue weighted by molar-refractivity contribution is -0.151. The second-order valence-corrected chi connectivity index (χ2v) is 6.81. The molecule has 1 saturated heterocycles. The fourth-order valence-corrected chi connectivity index (χ4v) is 3.47. The van der Waals surface area contributed by atoms with E-state index in [1.165, 1.54) is 0 Å². The van der Waals surface area contributed by atoms with E-state index < -0.39 is 0 Å². The monoisotopic (exact) mass is 371 g/mol. The number of nitrogens with one attached hydrogen (secondary N) is 1. The Morgan fingerprint density at radius 3 is 2.96 bits per heavy atom. The highest BCUT2D eigenvalue weighted by molar-refractivity contribution is 5.79. The van der Waals surface area contributed by atoms with E-state index in [2.05, 4.69) is 9.97 Å². The van der Waals surface area contributed by atoms with Crippen molar-refractivity contribution >= 4 is 22.8 Å². The van der Waals surface area contributed by atoms with Gasteiger partial charge in [-0.25, -0.2) is 4.98 Å². The van der Waals surface area contributed by atoms with Crippen LogP contribution in [-0.4, -0.2) is 46.4 Å². The SMILES string of the molecule is CCOC(=O)C1CCCN(C(=O)CCCc2nc3ccccc3c(=O)[nH]2)C1. The second kappa shape index (κ2) is 8.79. The molecule has 0 radical (unpaired) electrons. The van der Waals surface area contributed by atoms with E-state index in [9.17, 15) is 14.4 Å². The van der Waals surface area contributed by atoms with Crippen molar-refractivity contribution in [1.29, 1.82) is 0 Å². The smallest absolute Gasteiger partial charge is 0.310 e. The van der Waals surface area contributed by atoms with Gasteiger partial charge in [0.1, 0.15) is 5.82 Å². The van der Waals surface area contributed by atoms with E-state index in [4.69, 9.17) is 4.74 Å². The molecule has 0 spiro atoms. The molecule has 1 atom stereocenters. The number of H-pyrrole nitrogens is 1. The van der Waals surface area contributed by atoms with Crippen molar-refractivity contribution in [3.05, 3.63) is 40.4 Å². The van der Waals surface area contributed by atoms with Gasteiger partial charge in [-0.1, -0.05) is 12.1 Å². The number of nitrogens with zero attached hydrogens (tertiary/aromatic N) is 2. The third-order valence-corrected chi connectivity index (χ3v) is 4.86. The number of piperidine rings is 1. The fraction of sp³-hybridized carbons (Fsp3) is 0.500. The molecule has 1 N–H and O–H groups in total. The van der Waals surface area contributed by atoms with Crippen LogP contribution in [0.25, 0.3) is 10.9 Å². The Kier molecular flexibility index (Phi) is 6.21. The van der Waals surface area contributed by atoms with E-state index in [-0.39, 0.29) is 23.4 Å². The number of amides is 1. The van der Waals surface area contributed by atoms with Crippen molar-refractivity contribution in [1.82, 2.24) is 14.9 Å². The number of likely N-dealkylation sites (tertiary alicyclic amines) is 1. The quantitative estimate of drug-likeness (QED) is 0.785. The predicted octanol–water partition coefficient (Wildman–Crippen LogP) is 2.05. The topological polar surface area (TPSA) is 92.4 Å². The lowest BCUT2D eigenvalue weighted by Crippen LogP contribution is -2.42. The van der Waals surface area contributed by atoms with Gasteiger partial charge in [0.25, 0.3) is 5.56 Å². The summed E-state index contributed by atoms with van der Waals surface area (Å²) in [5.41, 5.74) is 0.506. The molecule has 2 aromatic rings. The van der Waals surface area contributed by atoms with Crippen LogP contribution in [0.2, 0.25) is 0 Å². The normalized spacial score (nSPS) is 17.1. The lowest BCUT2D eigenvalue weighted by atomic mass is 9.97. The number of carbonyl (C=O) groups is 2. The number of ether oxygens (including phenoxy) is 1. The standard InChI is InChI=1S/C20H25N3O4/c1-2-27-20(26)14-7-6-12-23(13-14)18(24)11-5-10-17-21-16-9-4-3-8-15(16)19(25)22-17/h3-4,8-9,14H,2,5-7,10-13H2,1H3,(H,21,22,25). The Morgan fingerprint density at radius 1 is 1.33 bits per heavy atom. The molecule has 1 aromatic carbocycles. The van der Waals surface area contributed by atoms with Crippen molar-refractivity contribution in [3.8, 4) is 0 Å². The van der Waals surface area contributed by atoms with E-state index in [0.717, 1.165) is 12.8 Å². The maximum Gasteiger partial charge on any atom is 0.310 e. The molecule has 0 saturated carbocycles. The average Bonchev–Trinajstić information content (AvgIpc) is 2.68. The predicted molar refractivity (Wildman–Crippen MR) is 101 cm³/mol. The molecule has 2 heterocycles. The summed E-state index contributed by atoms with van der Waals surface area (Å²) in [6.07, 6.45) is 3.08. The van der Waals surface area contributed by atoms with Crippen LogP contribution in [0.15, 0.2) is 29.1 Å². The Morgan fingerprint density at radius 2 is 2.15 bits per heavy atom. The van der Waals surface area contributed by atoms with Crippen LogP contribution in [0.1, 0.15) is 38.4 Å². The summed E-state index contributed by atoms with van der Waals surface area (Å²) in [5, 5.41) is 0.565. The minimum absolute atomic E-state index is 0.0344. The first-order valence-electron chi connectivity index (χ1n) is 9.51. The van der Waals surface area contributed by atoms with Crippen molar-refractivity contribution in [2.45, 2.75) is 39.0 Å². The zero-order chi connectivity index (χ0) is 19.2. The molecule has 1 fully saturated rings. The van der Waals surface area contributed by atoms with Crippen LogP contribution in [0, 0.1) is 5.92 Å². The minimum Gasteiger partial charge on any atom is -0.466 e. The molecule has 1 aromatic heterocycles. The number of esters is 1. The van der Waals surface area contributed by atoms with E-state index >= 15 is 0 Å². The van der Waals surface area contributed by atoms with Crippen LogP contribution in [0.5, 0.6) is 0 Å². The highest BCUT2D eigenvalue weighted by Gasteiger charge is 2.28. The Hall–Kier alpha value is -2.70. The van der Waals surface area contributed by atoms with Crippen LogP contribution in [0.4, 0.5) is 0 Å². The van der Waals surface area contributed by atoms with Gasteiger partial charge in [-0.3, -0.25) is 14.4 Å². The zero-order valence-electron chi connectivity index (χ0n) is 15.6. The summed E-state index contributed by atoms with van der Waals surface area (Å²) in [7, 11) is 0. The third kappa shape index (κ3) is 4.72. The molecule has 144 valence electrons. The van der Waals surface area contributed by atoms with Gasteiger partial charge in [0.2, 0.25) is 5.91 Å². The first kappa shape index (κ1) is 19.1. The molecule has 0 bridgehead atoms. The van der Waals surface area contributed by atoms with Crippen LogP contribution >= 0.6 is 0 Å². The number of hydrogen-bond acceptors (Lipinski definition) is 5. The second-order valence-electron chi connectivity index (χ2n) is 6.81. The summed E-state index contributed by atoms with van der Waals surface area (Å²) in [4.78, 5) is 45.5. The Bertz CT molecular complexity index is 877. The van der Waals surface area contributed by atoms with Crippen molar-refractivity contribution in [2.24, 2.45) is 5.92 Å². The average molecular weight is 371 g/mol. The van der Waals surface area contributed by atoms with Crippen LogP contribution < -0.4 is 5.56 Å². The summed E-state index contributed by atoms with van der Waals surface area (Å²) < 4.78 is 5.08. The van der Waals surface area contributed by atoms with E-state index in [0.29, 0.717) is 55.7 Å². The number of carbonyl (C=O) groups excluding carboxylic acids is 2. The van der Waals surface area contributed by atoms with Gasteiger partial charge < -0.3 is 14.6 Å². The number of benzene rings is 1. The summed E-state index contributed by atoms with van der Waals surface area (Å²) in [6.45, 7) is 3.26. The van der Waals surface area contributed by atoms with Gasteiger partial charge in [-0.2, -0.15) is 0 Å². The molecule has 7 nitrogen and oxygen atoms in total. The third-order valence-electron chi connectivity index (χ3n) is 4.86. The first-order chi connectivity index (χ1) is 13.1. The molecule has 3 rings (SSSR count). The minimum atomic E-state index is -0.221. The van der Waals surface area contributed by atoms with Crippen molar-refractivity contribution in [3.63, 3.8) is 0 Å². The number of aromatic amines is 1. The Labute approximate surface area is 157 Å². The maximum absolute atomic E-state index is 12.5. The fourth-order valence-electron chi connectivity index (χ4n) is 3.47. The molecule has 7 heteroatoms. The highest BCUT2D eigenvalue weighted by Crippen LogP contribution is 2.19.